The van der Waals surface area contributed by atoms with Crippen molar-refractivity contribution in [1.82, 2.24) is 10.2 Å². The second-order valence-corrected chi connectivity index (χ2v) is 7.82. The molecule has 0 radical (unpaired) electrons. The number of hydrogen-bond donors (Lipinski definition) is 1. The van der Waals surface area contributed by atoms with E-state index in [0.29, 0.717) is 17.7 Å². The Hall–Kier alpha value is -1.35. The van der Waals surface area contributed by atoms with E-state index in [1.165, 1.54) is 30.4 Å². The van der Waals surface area contributed by atoms with E-state index in [4.69, 9.17) is 0 Å². The molecule has 0 spiro atoms. The molecule has 3 aliphatic rings. The standard InChI is InChI=1S/C20H28N2O/c1-15-6-2-3-8-18(15)16-9-11-22(13-16)19(23)20-10-5-4-7-17(20)12-21-14-20/h2-3,6,8,16-17,21H,4-5,7,9-14H2,1H3/t16?,17-,20+/m0/s1. The largest absolute Gasteiger partial charge is 0.342 e. The molecule has 1 aliphatic carbocycles. The summed E-state index contributed by atoms with van der Waals surface area (Å²) < 4.78 is 0. The van der Waals surface area contributed by atoms with Crippen LogP contribution in [0.5, 0.6) is 0 Å². The first-order valence-electron chi connectivity index (χ1n) is 9.26. The third-order valence-electron chi connectivity index (χ3n) is 6.57. The minimum atomic E-state index is -0.0845. The third kappa shape index (κ3) is 2.50. The Labute approximate surface area is 139 Å². The van der Waals surface area contributed by atoms with Gasteiger partial charge in [0.25, 0.3) is 0 Å². The van der Waals surface area contributed by atoms with Crippen LogP contribution in [0.2, 0.25) is 0 Å². The van der Waals surface area contributed by atoms with Crippen molar-refractivity contribution in [3.63, 3.8) is 0 Å². The second kappa shape index (κ2) is 5.94. The van der Waals surface area contributed by atoms with Gasteiger partial charge in [0, 0.05) is 25.6 Å². The molecule has 124 valence electrons. The van der Waals surface area contributed by atoms with Gasteiger partial charge in [-0.3, -0.25) is 4.79 Å². The fourth-order valence-electron chi connectivity index (χ4n) is 5.23. The van der Waals surface area contributed by atoms with Crippen molar-refractivity contribution in [2.24, 2.45) is 11.3 Å². The Kier molecular flexibility index (Phi) is 3.92. The average Bonchev–Trinajstić information content (AvgIpc) is 3.22. The number of amides is 1. The fourth-order valence-corrected chi connectivity index (χ4v) is 5.23. The number of likely N-dealkylation sites (tertiary alicyclic amines) is 1. The first-order chi connectivity index (χ1) is 11.2. The second-order valence-electron chi connectivity index (χ2n) is 7.82. The molecule has 1 unspecified atom stereocenters. The van der Waals surface area contributed by atoms with Gasteiger partial charge in [0.1, 0.15) is 0 Å². The number of benzene rings is 1. The molecule has 3 nitrogen and oxygen atoms in total. The van der Waals surface area contributed by atoms with Crippen LogP contribution in [0.3, 0.4) is 0 Å². The molecular weight excluding hydrogens is 284 g/mol. The Bertz CT molecular complexity index is 599. The molecule has 3 atom stereocenters. The van der Waals surface area contributed by atoms with Crippen molar-refractivity contribution >= 4 is 5.91 Å². The highest BCUT2D eigenvalue weighted by atomic mass is 16.2. The van der Waals surface area contributed by atoms with Crippen molar-refractivity contribution in [3.05, 3.63) is 35.4 Å². The molecule has 0 aromatic heterocycles. The quantitative estimate of drug-likeness (QED) is 0.910. The Balaban J connectivity index is 1.51. The molecule has 1 saturated carbocycles. The summed E-state index contributed by atoms with van der Waals surface area (Å²) in [4.78, 5) is 15.5. The first kappa shape index (κ1) is 15.2. The summed E-state index contributed by atoms with van der Waals surface area (Å²) in [6, 6.07) is 8.67. The van der Waals surface area contributed by atoms with Gasteiger partial charge in [0.05, 0.1) is 5.41 Å². The van der Waals surface area contributed by atoms with Gasteiger partial charge in [-0.05, 0) is 49.8 Å². The van der Waals surface area contributed by atoms with Crippen LogP contribution < -0.4 is 5.32 Å². The summed E-state index contributed by atoms with van der Waals surface area (Å²) in [6.07, 6.45) is 5.96. The molecular formula is C20H28N2O. The normalized spacial score (nSPS) is 33.7. The molecule has 0 bridgehead atoms. The Morgan fingerprint density at radius 1 is 1.26 bits per heavy atom. The Morgan fingerprint density at radius 3 is 3.00 bits per heavy atom. The van der Waals surface area contributed by atoms with E-state index < -0.39 is 0 Å². The molecule has 3 heteroatoms. The molecule has 2 aliphatic heterocycles. The molecule has 1 N–H and O–H groups in total. The summed E-state index contributed by atoms with van der Waals surface area (Å²) >= 11 is 0. The lowest BCUT2D eigenvalue weighted by Crippen LogP contribution is -2.49. The molecule has 2 heterocycles. The lowest BCUT2D eigenvalue weighted by molar-refractivity contribution is -0.144. The lowest BCUT2D eigenvalue weighted by atomic mass is 9.67. The summed E-state index contributed by atoms with van der Waals surface area (Å²) in [7, 11) is 0. The molecule has 23 heavy (non-hydrogen) atoms. The molecule has 4 rings (SSSR count). The highest BCUT2D eigenvalue weighted by Crippen LogP contribution is 2.46. The number of hydrogen-bond acceptors (Lipinski definition) is 2. The molecule has 1 amide bonds. The average molecular weight is 312 g/mol. The summed E-state index contributed by atoms with van der Waals surface area (Å²) in [6.45, 7) is 5.99. The van der Waals surface area contributed by atoms with Crippen LogP contribution in [-0.2, 0) is 4.79 Å². The predicted octanol–water partition coefficient (Wildman–Crippen LogP) is 3.09. The number of rotatable bonds is 2. The zero-order valence-corrected chi connectivity index (χ0v) is 14.2. The molecule has 1 aromatic carbocycles. The zero-order valence-electron chi connectivity index (χ0n) is 14.2. The van der Waals surface area contributed by atoms with Crippen molar-refractivity contribution in [1.29, 1.82) is 0 Å². The van der Waals surface area contributed by atoms with Gasteiger partial charge in [0.15, 0.2) is 0 Å². The van der Waals surface area contributed by atoms with Crippen molar-refractivity contribution in [3.8, 4) is 0 Å². The van der Waals surface area contributed by atoms with E-state index >= 15 is 0 Å². The van der Waals surface area contributed by atoms with Gasteiger partial charge in [0.2, 0.25) is 5.91 Å². The van der Waals surface area contributed by atoms with E-state index in [1.807, 2.05) is 0 Å². The summed E-state index contributed by atoms with van der Waals surface area (Å²) in [5.74, 6) is 1.54. The van der Waals surface area contributed by atoms with Gasteiger partial charge in [-0.1, -0.05) is 37.1 Å². The van der Waals surface area contributed by atoms with Crippen LogP contribution in [0.15, 0.2) is 24.3 Å². The van der Waals surface area contributed by atoms with Gasteiger partial charge in [-0.2, -0.15) is 0 Å². The minimum Gasteiger partial charge on any atom is -0.342 e. The highest BCUT2D eigenvalue weighted by Gasteiger charge is 2.52. The van der Waals surface area contributed by atoms with Crippen molar-refractivity contribution in [2.75, 3.05) is 26.2 Å². The smallest absolute Gasteiger partial charge is 0.230 e. The number of carbonyl (C=O) groups excluding carboxylic acids is 1. The van der Waals surface area contributed by atoms with Crippen LogP contribution >= 0.6 is 0 Å². The van der Waals surface area contributed by atoms with Gasteiger partial charge >= 0.3 is 0 Å². The first-order valence-corrected chi connectivity index (χ1v) is 9.26. The maximum absolute atomic E-state index is 13.4. The maximum atomic E-state index is 13.4. The van der Waals surface area contributed by atoms with Crippen LogP contribution in [0.25, 0.3) is 0 Å². The summed E-state index contributed by atoms with van der Waals surface area (Å²) in [5, 5.41) is 3.51. The SMILES string of the molecule is Cc1ccccc1C1CCN(C(=O)[C@@]23CCCC[C@H]2CNC3)C1. The highest BCUT2D eigenvalue weighted by molar-refractivity contribution is 5.84. The van der Waals surface area contributed by atoms with Gasteiger partial charge < -0.3 is 10.2 Å². The van der Waals surface area contributed by atoms with E-state index in [1.54, 1.807) is 0 Å². The minimum absolute atomic E-state index is 0.0845. The third-order valence-corrected chi connectivity index (χ3v) is 6.57. The number of fused-ring (bicyclic) bond motifs is 1. The van der Waals surface area contributed by atoms with Crippen molar-refractivity contribution in [2.45, 2.75) is 44.9 Å². The zero-order chi connectivity index (χ0) is 15.9. The number of aryl methyl sites for hydroxylation is 1. The van der Waals surface area contributed by atoms with E-state index in [9.17, 15) is 4.79 Å². The maximum Gasteiger partial charge on any atom is 0.230 e. The van der Waals surface area contributed by atoms with E-state index in [2.05, 4.69) is 41.4 Å². The van der Waals surface area contributed by atoms with Crippen LogP contribution in [0, 0.1) is 18.3 Å². The molecule has 2 saturated heterocycles. The van der Waals surface area contributed by atoms with Gasteiger partial charge in [-0.15, -0.1) is 0 Å². The Morgan fingerprint density at radius 2 is 2.13 bits per heavy atom. The van der Waals surface area contributed by atoms with Gasteiger partial charge in [-0.25, -0.2) is 0 Å². The topological polar surface area (TPSA) is 32.3 Å². The van der Waals surface area contributed by atoms with E-state index in [0.717, 1.165) is 39.0 Å². The fraction of sp³-hybridized carbons (Fsp3) is 0.650. The summed E-state index contributed by atoms with van der Waals surface area (Å²) in [5.41, 5.74) is 2.71. The lowest BCUT2D eigenvalue weighted by Gasteiger charge is -2.39. The molecule has 3 fully saturated rings. The number of carbonyl (C=O) groups is 1. The van der Waals surface area contributed by atoms with E-state index in [-0.39, 0.29) is 5.41 Å². The van der Waals surface area contributed by atoms with Crippen LogP contribution in [0.4, 0.5) is 0 Å². The van der Waals surface area contributed by atoms with Crippen LogP contribution in [-0.4, -0.2) is 37.0 Å². The number of nitrogens with one attached hydrogen (secondary N) is 1. The monoisotopic (exact) mass is 312 g/mol. The molecule has 1 aromatic rings. The van der Waals surface area contributed by atoms with Crippen LogP contribution in [0.1, 0.15) is 49.1 Å². The number of nitrogens with zero attached hydrogens (tertiary/aromatic N) is 1. The van der Waals surface area contributed by atoms with Crippen molar-refractivity contribution < 1.29 is 4.79 Å². The predicted molar refractivity (Wildman–Crippen MR) is 92.4 cm³/mol.